The molecule has 0 spiro atoms. The second kappa shape index (κ2) is 14.0. The third-order valence-electron chi connectivity index (χ3n) is 7.09. The molecule has 4 aromatic rings. The Kier molecular flexibility index (Phi) is 10.1. The number of amides is 2. The zero-order chi connectivity index (χ0) is 30.1. The molecule has 0 radical (unpaired) electrons. The number of aryl methyl sites for hydroxylation is 2. The first-order chi connectivity index (χ1) is 20.2. The predicted molar refractivity (Wildman–Crippen MR) is 166 cm³/mol. The van der Waals surface area contributed by atoms with Gasteiger partial charge in [0.25, 0.3) is 10.0 Å². The highest BCUT2D eigenvalue weighted by Crippen LogP contribution is 2.27. The molecular formula is C34H37N3O4S. The van der Waals surface area contributed by atoms with Gasteiger partial charge in [0.15, 0.2) is 0 Å². The average molecular weight is 584 g/mol. The molecule has 0 aromatic heterocycles. The summed E-state index contributed by atoms with van der Waals surface area (Å²) in [6.07, 6.45) is 0.278. The highest BCUT2D eigenvalue weighted by Gasteiger charge is 2.34. The van der Waals surface area contributed by atoms with E-state index >= 15 is 0 Å². The van der Waals surface area contributed by atoms with Crippen molar-refractivity contribution in [1.29, 1.82) is 0 Å². The zero-order valence-corrected chi connectivity index (χ0v) is 25.1. The van der Waals surface area contributed by atoms with Crippen molar-refractivity contribution in [2.75, 3.05) is 17.4 Å². The normalized spacial score (nSPS) is 11.9. The van der Waals surface area contributed by atoms with E-state index in [4.69, 9.17) is 0 Å². The summed E-state index contributed by atoms with van der Waals surface area (Å²) in [6.45, 7) is 5.68. The van der Waals surface area contributed by atoms with E-state index in [-0.39, 0.29) is 23.8 Å². The Labute approximate surface area is 248 Å². The van der Waals surface area contributed by atoms with E-state index in [0.717, 1.165) is 21.0 Å². The summed E-state index contributed by atoms with van der Waals surface area (Å²) in [7, 11) is -4.11. The number of nitrogens with one attached hydrogen (secondary N) is 1. The first-order valence-electron chi connectivity index (χ1n) is 14.0. The fourth-order valence-corrected chi connectivity index (χ4v) is 6.31. The highest BCUT2D eigenvalue weighted by atomic mass is 32.2. The van der Waals surface area contributed by atoms with Crippen molar-refractivity contribution in [1.82, 2.24) is 10.2 Å². The number of rotatable bonds is 12. The Morgan fingerprint density at radius 2 is 1.36 bits per heavy atom. The van der Waals surface area contributed by atoms with Crippen LogP contribution in [-0.2, 0) is 32.6 Å². The first kappa shape index (κ1) is 30.5. The van der Waals surface area contributed by atoms with Crippen LogP contribution >= 0.6 is 0 Å². The van der Waals surface area contributed by atoms with Gasteiger partial charge in [0.1, 0.15) is 12.6 Å². The van der Waals surface area contributed by atoms with E-state index in [1.807, 2.05) is 87.5 Å². The van der Waals surface area contributed by atoms with Crippen LogP contribution in [0.4, 0.5) is 5.69 Å². The lowest BCUT2D eigenvalue weighted by Gasteiger charge is -2.34. The molecule has 0 saturated carbocycles. The summed E-state index contributed by atoms with van der Waals surface area (Å²) in [6, 6.07) is 31.6. The minimum Gasteiger partial charge on any atom is -0.355 e. The van der Waals surface area contributed by atoms with Crippen molar-refractivity contribution in [2.45, 2.75) is 44.7 Å². The van der Waals surface area contributed by atoms with Crippen molar-refractivity contribution >= 4 is 27.5 Å². The summed E-state index contributed by atoms with van der Waals surface area (Å²) in [5.74, 6) is -0.777. The fraction of sp³-hybridized carbons (Fsp3) is 0.235. The lowest BCUT2D eigenvalue weighted by Crippen LogP contribution is -2.53. The smallest absolute Gasteiger partial charge is 0.264 e. The molecule has 0 heterocycles. The van der Waals surface area contributed by atoms with E-state index in [1.165, 1.54) is 17.0 Å². The number of sulfonamides is 1. The summed E-state index contributed by atoms with van der Waals surface area (Å²) < 4.78 is 29.2. The van der Waals surface area contributed by atoms with E-state index in [2.05, 4.69) is 5.32 Å². The van der Waals surface area contributed by atoms with Crippen molar-refractivity contribution in [3.63, 3.8) is 0 Å². The molecule has 7 nitrogen and oxygen atoms in total. The van der Waals surface area contributed by atoms with Gasteiger partial charge in [-0.15, -0.1) is 0 Å². The van der Waals surface area contributed by atoms with E-state index in [1.54, 1.807) is 30.3 Å². The monoisotopic (exact) mass is 583 g/mol. The lowest BCUT2D eigenvalue weighted by molar-refractivity contribution is -0.140. The summed E-state index contributed by atoms with van der Waals surface area (Å²) in [5.41, 5.74) is 3.91. The van der Waals surface area contributed by atoms with Crippen molar-refractivity contribution in [3.8, 4) is 0 Å². The molecule has 4 rings (SSSR count). The Bertz CT molecular complexity index is 1590. The van der Waals surface area contributed by atoms with Gasteiger partial charge in [-0.3, -0.25) is 13.9 Å². The molecular weight excluding hydrogens is 546 g/mol. The van der Waals surface area contributed by atoms with Crippen LogP contribution in [0, 0.1) is 13.8 Å². The number of para-hydroxylation sites is 1. The van der Waals surface area contributed by atoms with Crippen LogP contribution in [0.15, 0.2) is 114 Å². The molecule has 8 heteroatoms. The van der Waals surface area contributed by atoms with Crippen LogP contribution in [0.2, 0.25) is 0 Å². The van der Waals surface area contributed by atoms with Gasteiger partial charge < -0.3 is 10.2 Å². The topological polar surface area (TPSA) is 86.8 Å². The molecule has 0 unspecified atom stereocenters. The molecule has 0 aliphatic heterocycles. The van der Waals surface area contributed by atoms with Crippen LogP contribution in [-0.4, -0.2) is 44.3 Å². The second-order valence-corrected chi connectivity index (χ2v) is 12.1. The third-order valence-corrected chi connectivity index (χ3v) is 8.86. The standard InChI is InChI=1S/C34H37N3O4S/c1-4-35-34(39)32(23-28-14-7-5-8-15-28)36(24-29-21-19-26(2)20-22-29)33(38)25-37(31-18-12-11-13-27(31)3)42(40,41)30-16-9-6-10-17-30/h5-22,32H,4,23-25H2,1-3H3,(H,35,39)/t32-/m0/s1. The van der Waals surface area contributed by atoms with Gasteiger partial charge in [0.2, 0.25) is 11.8 Å². The van der Waals surface area contributed by atoms with Gasteiger partial charge in [0, 0.05) is 19.5 Å². The molecule has 0 aliphatic carbocycles. The Morgan fingerprint density at radius 1 is 0.762 bits per heavy atom. The van der Waals surface area contributed by atoms with Crippen molar-refractivity contribution in [3.05, 3.63) is 131 Å². The number of likely N-dealkylation sites (N-methyl/N-ethyl adjacent to an activating group) is 1. The molecule has 0 fully saturated rings. The first-order valence-corrected chi connectivity index (χ1v) is 15.4. The van der Waals surface area contributed by atoms with Crippen LogP contribution in [0.1, 0.15) is 29.2 Å². The number of carbonyl (C=O) groups excluding carboxylic acids is 2. The number of hydrogen-bond acceptors (Lipinski definition) is 4. The summed E-state index contributed by atoms with van der Waals surface area (Å²) in [4.78, 5) is 29.5. The highest BCUT2D eigenvalue weighted by molar-refractivity contribution is 7.92. The quantitative estimate of drug-likeness (QED) is 0.246. The SMILES string of the molecule is CCNC(=O)[C@H](Cc1ccccc1)N(Cc1ccc(C)cc1)C(=O)CN(c1ccccc1C)S(=O)(=O)c1ccccc1. The van der Waals surface area contributed by atoms with Crippen LogP contribution in [0.25, 0.3) is 0 Å². The minimum atomic E-state index is -4.11. The predicted octanol–water partition coefficient (Wildman–Crippen LogP) is 5.27. The molecule has 0 saturated heterocycles. The molecule has 0 bridgehead atoms. The lowest BCUT2D eigenvalue weighted by atomic mass is 10.0. The maximum Gasteiger partial charge on any atom is 0.264 e. The molecule has 1 atom stereocenters. The molecule has 42 heavy (non-hydrogen) atoms. The zero-order valence-electron chi connectivity index (χ0n) is 24.2. The van der Waals surface area contributed by atoms with E-state index in [0.29, 0.717) is 17.8 Å². The summed E-state index contributed by atoms with van der Waals surface area (Å²) >= 11 is 0. The van der Waals surface area contributed by atoms with Gasteiger partial charge >= 0.3 is 0 Å². The third kappa shape index (κ3) is 7.44. The molecule has 2 amide bonds. The Hall–Kier alpha value is -4.43. The van der Waals surface area contributed by atoms with Crippen LogP contribution < -0.4 is 9.62 Å². The largest absolute Gasteiger partial charge is 0.355 e. The number of hydrogen-bond donors (Lipinski definition) is 1. The molecule has 218 valence electrons. The summed E-state index contributed by atoms with van der Waals surface area (Å²) in [5, 5.41) is 2.88. The van der Waals surface area contributed by atoms with Gasteiger partial charge in [-0.05, 0) is 55.7 Å². The number of anilines is 1. The maximum atomic E-state index is 14.4. The average Bonchev–Trinajstić information content (AvgIpc) is 3.00. The number of nitrogens with zero attached hydrogens (tertiary/aromatic N) is 2. The van der Waals surface area contributed by atoms with E-state index in [9.17, 15) is 18.0 Å². The number of carbonyl (C=O) groups is 2. The van der Waals surface area contributed by atoms with Gasteiger partial charge in [-0.2, -0.15) is 0 Å². The second-order valence-electron chi connectivity index (χ2n) is 10.2. The van der Waals surface area contributed by atoms with Crippen molar-refractivity contribution in [2.24, 2.45) is 0 Å². The Balaban J connectivity index is 1.79. The van der Waals surface area contributed by atoms with E-state index < -0.39 is 28.5 Å². The van der Waals surface area contributed by atoms with Crippen molar-refractivity contribution < 1.29 is 18.0 Å². The van der Waals surface area contributed by atoms with Gasteiger partial charge in [-0.25, -0.2) is 8.42 Å². The maximum absolute atomic E-state index is 14.4. The Morgan fingerprint density at radius 3 is 1.98 bits per heavy atom. The van der Waals surface area contributed by atoms with Crippen LogP contribution in [0.3, 0.4) is 0 Å². The van der Waals surface area contributed by atoms with Gasteiger partial charge in [-0.1, -0.05) is 96.6 Å². The van der Waals surface area contributed by atoms with Crippen LogP contribution in [0.5, 0.6) is 0 Å². The number of benzene rings is 4. The minimum absolute atomic E-state index is 0.0794. The molecule has 4 aromatic carbocycles. The molecule has 1 N–H and O–H groups in total. The fourth-order valence-electron chi connectivity index (χ4n) is 4.81. The molecule has 0 aliphatic rings. The van der Waals surface area contributed by atoms with Gasteiger partial charge in [0.05, 0.1) is 10.6 Å².